The average molecular weight is 273 g/mol. The maximum Gasteiger partial charge on any atom is 0.276 e. The van der Waals surface area contributed by atoms with E-state index in [1.54, 1.807) is 31.3 Å². The minimum atomic E-state index is -0.437. The lowest BCUT2D eigenvalue weighted by atomic mass is 10.1. The zero-order valence-electron chi connectivity index (χ0n) is 11.2. The van der Waals surface area contributed by atoms with Gasteiger partial charge in [-0.25, -0.2) is 4.98 Å². The number of ether oxygens (including phenoxy) is 1. The molecule has 0 unspecified atom stereocenters. The highest BCUT2D eigenvalue weighted by molar-refractivity contribution is 5.49. The first-order chi connectivity index (χ1) is 9.50. The second-order valence-corrected chi connectivity index (χ2v) is 4.45. The number of hydrogen-bond acceptors (Lipinski definition) is 5. The molecule has 0 saturated heterocycles. The molecule has 104 valence electrons. The van der Waals surface area contributed by atoms with Gasteiger partial charge in [-0.15, -0.1) is 0 Å². The number of benzene rings is 1. The third-order valence-electron chi connectivity index (χ3n) is 2.95. The molecular weight excluding hydrogens is 258 g/mol. The molecule has 2 rings (SSSR count). The molecule has 0 bridgehead atoms. The molecule has 1 heterocycles. The summed E-state index contributed by atoms with van der Waals surface area (Å²) in [6, 6.07) is 8.04. The van der Waals surface area contributed by atoms with Gasteiger partial charge in [0.05, 0.1) is 10.5 Å². The standard InChI is InChI=1S/C14H15N3O3/c1-9-12(17(18)19)6-3-7-13(9)20-14-11(10(2)15)5-4-8-16-14/h3-8,10H,15H2,1-2H3/t10-/m1/s1. The van der Waals surface area contributed by atoms with Crippen LogP contribution in [-0.4, -0.2) is 9.91 Å². The van der Waals surface area contributed by atoms with Gasteiger partial charge in [-0.3, -0.25) is 10.1 Å². The summed E-state index contributed by atoms with van der Waals surface area (Å²) in [5.41, 5.74) is 7.08. The Hall–Kier alpha value is -2.47. The summed E-state index contributed by atoms with van der Waals surface area (Å²) in [6.45, 7) is 3.46. The zero-order chi connectivity index (χ0) is 14.7. The van der Waals surface area contributed by atoms with Crippen LogP contribution >= 0.6 is 0 Å². The normalized spacial score (nSPS) is 11.9. The van der Waals surface area contributed by atoms with Gasteiger partial charge in [0.25, 0.3) is 5.69 Å². The Labute approximate surface area is 116 Å². The fraction of sp³-hybridized carbons (Fsp3) is 0.214. The summed E-state index contributed by atoms with van der Waals surface area (Å²) in [6.07, 6.45) is 1.59. The summed E-state index contributed by atoms with van der Waals surface area (Å²) in [4.78, 5) is 14.6. The Balaban J connectivity index is 2.41. The van der Waals surface area contributed by atoms with Crippen LogP contribution < -0.4 is 10.5 Å². The Morgan fingerprint density at radius 2 is 2.10 bits per heavy atom. The number of nitrogens with zero attached hydrogens (tertiary/aromatic N) is 2. The van der Waals surface area contributed by atoms with E-state index in [0.29, 0.717) is 17.2 Å². The molecule has 2 N–H and O–H groups in total. The number of nitrogens with two attached hydrogens (primary N) is 1. The molecule has 1 atom stereocenters. The second-order valence-electron chi connectivity index (χ2n) is 4.45. The monoisotopic (exact) mass is 273 g/mol. The highest BCUT2D eigenvalue weighted by Crippen LogP contribution is 2.32. The molecule has 0 radical (unpaired) electrons. The van der Waals surface area contributed by atoms with Crippen LogP contribution in [-0.2, 0) is 0 Å². The van der Waals surface area contributed by atoms with Crippen molar-refractivity contribution in [3.05, 3.63) is 57.8 Å². The van der Waals surface area contributed by atoms with E-state index in [0.717, 1.165) is 5.56 Å². The van der Waals surface area contributed by atoms with E-state index in [1.165, 1.54) is 6.07 Å². The molecule has 0 aliphatic rings. The van der Waals surface area contributed by atoms with Crippen LogP contribution in [0.5, 0.6) is 11.6 Å². The van der Waals surface area contributed by atoms with Gasteiger partial charge >= 0.3 is 0 Å². The van der Waals surface area contributed by atoms with Gasteiger partial charge in [-0.1, -0.05) is 12.1 Å². The van der Waals surface area contributed by atoms with Crippen molar-refractivity contribution in [3.63, 3.8) is 0 Å². The average Bonchev–Trinajstić information content (AvgIpc) is 2.41. The van der Waals surface area contributed by atoms with Gasteiger partial charge in [0.1, 0.15) is 5.75 Å². The fourth-order valence-corrected chi connectivity index (χ4v) is 1.85. The highest BCUT2D eigenvalue weighted by atomic mass is 16.6. The number of hydrogen-bond donors (Lipinski definition) is 1. The largest absolute Gasteiger partial charge is 0.438 e. The fourth-order valence-electron chi connectivity index (χ4n) is 1.85. The third-order valence-corrected chi connectivity index (χ3v) is 2.95. The minimum absolute atomic E-state index is 0.0146. The van der Waals surface area contributed by atoms with Crippen LogP contribution in [0.2, 0.25) is 0 Å². The molecular formula is C14H15N3O3. The van der Waals surface area contributed by atoms with Crippen LogP contribution in [0, 0.1) is 17.0 Å². The van der Waals surface area contributed by atoms with E-state index in [9.17, 15) is 10.1 Å². The first kappa shape index (κ1) is 14.0. The number of rotatable bonds is 4. The van der Waals surface area contributed by atoms with E-state index in [4.69, 9.17) is 10.5 Å². The summed E-state index contributed by atoms with van der Waals surface area (Å²) in [5, 5.41) is 10.9. The van der Waals surface area contributed by atoms with Crippen molar-refractivity contribution in [2.24, 2.45) is 5.73 Å². The van der Waals surface area contributed by atoms with Crippen molar-refractivity contribution in [2.75, 3.05) is 0 Å². The summed E-state index contributed by atoms with van der Waals surface area (Å²) in [7, 11) is 0. The quantitative estimate of drug-likeness (QED) is 0.682. The van der Waals surface area contributed by atoms with Gasteiger partial charge in [-0.05, 0) is 26.0 Å². The molecule has 1 aromatic carbocycles. The Morgan fingerprint density at radius 3 is 2.75 bits per heavy atom. The van der Waals surface area contributed by atoms with Crippen LogP contribution in [0.3, 0.4) is 0 Å². The lowest BCUT2D eigenvalue weighted by molar-refractivity contribution is -0.385. The lowest BCUT2D eigenvalue weighted by Gasteiger charge is -2.13. The van der Waals surface area contributed by atoms with Crippen molar-refractivity contribution >= 4 is 5.69 Å². The number of nitro benzene ring substituents is 1. The predicted octanol–water partition coefficient (Wildman–Crippen LogP) is 3.11. The van der Waals surface area contributed by atoms with E-state index in [1.807, 2.05) is 13.0 Å². The Morgan fingerprint density at radius 1 is 1.35 bits per heavy atom. The van der Waals surface area contributed by atoms with E-state index < -0.39 is 4.92 Å². The van der Waals surface area contributed by atoms with Crippen molar-refractivity contribution in [1.82, 2.24) is 4.98 Å². The number of aromatic nitrogens is 1. The van der Waals surface area contributed by atoms with Crippen LogP contribution in [0.25, 0.3) is 0 Å². The second kappa shape index (κ2) is 5.66. The molecule has 0 amide bonds. The molecule has 1 aromatic heterocycles. The van der Waals surface area contributed by atoms with Crippen LogP contribution in [0.1, 0.15) is 24.1 Å². The maximum absolute atomic E-state index is 10.9. The van der Waals surface area contributed by atoms with Crippen molar-refractivity contribution in [3.8, 4) is 11.6 Å². The van der Waals surface area contributed by atoms with Gasteiger partial charge in [0.15, 0.2) is 0 Å². The molecule has 20 heavy (non-hydrogen) atoms. The first-order valence-corrected chi connectivity index (χ1v) is 6.13. The van der Waals surface area contributed by atoms with Crippen molar-refractivity contribution in [2.45, 2.75) is 19.9 Å². The Kier molecular flexibility index (Phi) is 3.95. The van der Waals surface area contributed by atoms with Gasteiger partial charge < -0.3 is 10.5 Å². The molecule has 0 aliphatic carbocycles. The van der Waals surface area contributed by atoms with E-state index in [-0.39, 0.29) is 11.7 Å². The third kappa shape index (κ3) is 2.75. The van der Waals surface area contributed by atoms with Crippen LogP contribution in [0.15, 0.2) is 36.5 Å². The van der Waals surface area contributed by atoms with Gasteiger partial charge in [0, 0.05) is 23.9 Å². The number of pyridine rings is 1. The predicted molar refractivity (Wildman–Crippen MR) is 74.7 cm³/mol. The summed E-state index contributed by atoms with van der Waals surface area (Å²) in [5.74, 6) is 0.769. The molecule has 0 spiro atoms. The molecule has 0 aliphatic heterocycles. The first-order valence-electron chi connectivity index (χ1n) is 6.13. The SMILES string of the molecule is Cc1c(Oc2ncccc2[C@@H](C)N)cccc1[N+](=O)[O-]. The zero-order valence-corrected chi connectivity index (χ0v) is 11.2. The van der Waals surface area contributed by atoms with Crippen molar-refractivity contribution < 1.29 is 9.66 Å². The van der Waals surface area contributed by atoms with Crippen LogP contribution in [0.4, 0.5) is 5.69 Å². The molecule has 6 nitrogen and oxygen atoms in total. The van der Waals surface area contributed by atoms with Gasteiger partial charge in [0.2, 0.25) is 5.88 Å². The highest BCUT2D eigenvalue weighted by Gasteiger charge is 2.16. The van der Waals surface area contributed by atoms with E-state index >= 15 is 0 Å². The summed E-state index contributed by atoms with van der Waals surface area (Å²) >= 11 is 0. The molecule has 2 aromatic rings. The Bertz CT molecular complexity index is 641. The molecule has 6 heteroatoms. The number of nitro groups is 1. The minimum Gasteiger partial charge on any atom is -0.438 e. The maximum atomic E-state index is 10.9. The van der Waals surface area contributed by atoms with Crippen molar-refractivity contribution in [1.29, 1.82) is 0 Å². The molecule has 0 fully saturated rings. The van der Waals surface area contributed by atoms with E-state index in [2.05, 4.69) is 4.98 Å². The topological polar surface area (TPSA) is 91.3 Å². The lowest BCUT2D eigenvalue weighted by Crippen LogP contribution is -2.07. The smallest absolute Gasteiger partial charge is 0.276 e. The van der Waals surface area contributed by atoms with Gasteiger partial charge in [-0.2, -0.15) is 0 Å². The summed E-state index contributed by atoms with van der Waals surface area (Å²) < 4.78 is 5.70. The molecule has 0 saturated carbocycles.